The van der Waals surface area contributed by atoms with Gasteiger partial charge >= 0.3 is 0 Å². The van der Waals surface area contributed by atoms with Crippen molar-refractivity contribution in [2.45, 2.75) is 31.2 Å². The Hall–Kier alpha value is -0.160. The van der Waals surface area contributed by atoms with Crippen LogP contribution in [-0.4, -0.2) is 68.8 Å². The van der Waals surface area contributed by atoms with Crippen LogP contribution >= 0.6 is 0 Å². The summed E-state index contributed by atoms with van der Waals surface area (Å²) in [4.78, 5) is 4.88. The van der Waals surface area contributed by atoms with Gasteiger partial charge in [-0.3, -0.25) is 0 Å². The number of piperidine rings is 1. The van der Waals surface area contributed by atoms with Gasteiger partial charge in [0.15, 0.2) is 0 Å². The van der Waals surface area contributed by atoms with Gasteiger partial charge in [-0.1, -0.05) is 0 Å². The third kappa shape index (κ3) is 4.19. The van der Waals surface area contributed by atoms with Crippen LogP contribution in [0.3, 0.4) is 0 Å². The zero-order chi connectivity index (χ0) is 13.0. The fourth-order valence-corrected chi connectivity index (χ4v) is 3.22. The maximum absolute atomic E-state index is 6.48. The van der Waals surface area contributed by atoms with E-state index in [1.54, 1.807) is 0 Å². The van der Waals surface area contributed by atoms with Gasteiger partial charge in [-0.15, -0.1) is 0 Å². The van der Waals surface area contributed by atoms with Crippen LogP contribution in [0.5, 0.6) is 0 Å². The van der Waals surface area contributed by atoms with E-state index in [4.69, 9.17) is 10.5 Å². The number of ether oxygens (including phenoxy) is 1. The molecule has 4 nitrogen and oxygen atoms in total. The van der Waals surface area contributed by atoms with Crippen molar-refractivity contribution in [1.29, 1.82) is 0 Å². The van der Waals surface area contributed by atoms with E-state index >= 15 is 0 Å². The summed E-state index contributed by atoms with van der Waals surface area (Å²) in [6.45, 7) is 6.41. The molecule has 0 radical (unpaired) electrons. The van der Waals surface area contributed by atoms with Crippen LogP contribution in [0.2, 0.25) is 0 Å². The number of hydrogen-bond acceptors (Lipinski definition) is 4. The van der Waals surface area contributed by atoms with E-state index in [2.05, 4.69) is 23.9 Å². The third-order valence-corrected chi connectivity index (χ3v) is 4.36. The second-order valence-corrected chi connectivity index (χ2v) is 6.46. The molecule has 106 valence electrons. The summed E-state index contributed by atoms with van der Waals surface area (Å²) in [7, 11) is 4.34. The Kier molecular flexibility index (Phi) is 5.01. The van der Waals surface area contributed by atoms with Gasteiger partial charge in [0, 0.05) is 31.8 Å². The van der Waals surface area contributed by atoms with Crippen molar-refractivity contribution >= 4 is 0 Å². The average molecular weight is 255 g/mol. The fraction of sp³-hybridized carbons (Fsp3) is 1.00. The van der Waals surface area contributed by atoms with E-state index in [1.807, 2.05) is 0 Å². The zero-order valence-corrected chi connectivity index (χ0v) is 12.0. The molecular weight excluding hydrogens is 226 g/mol. The van der Waals surface area contributed by atoms with Gasteiger partial charge in [0.05, 0.1) is 0 Å². The maximum Gasteiger partial charge on any atom is 0.0484 e. The topological polar surface area (TPSA) is 41.7 Å². The summed E-state index contributed by atoms with van der Waals surface area (Å²) in [6, 6.07) is 0. The van der Waals surface area contributed by atoms with Crippen molar-refractivity contribution in [3.63, 3.8) is 0 Å². The maximum atomic E-state index is 6.48. The molecule has 0 aromatic carbocycles. The monoisotopic (exact) mass is 255 g/mol. The summed E-state index contributed by atoms with van der Waals surface area (Å²) in [5, 5.41) is 0. The first-order valence-corrected chi connectivity index (χ1v) is 7.31. The summed E-state index contributed by atoms with van der Waals surface area (Å²) >= 11 is 0. The van der Waals surface area contributed by atoms with Crippen LogP contribution < -0.4 is 5.73 Å². The summed E-state index contributed by atoms with van der Waals surface area (Å²) in [6.07, 6.45) is 4.69. The second-order valence-electron chi connectivity index (χ2n) is 6.46. The standard InChI is InChI=1S/C14H29N3O/c1-16(2)11-13-3-7-17(8-4-13)12-14(15)5-9-18-10-6-14/h13H,3-12,15H2,1-2H3. The molecule has 0 bridgehead atoms. The normalized spacial score (nSPS) is 26.7. The van der Waals surface area contributed by atoms with E-state index < -0.39 is 0 Å². The smallest absolute Gasteiger partial charge is 0.0484 e. The van der Waals surface area contributed by atoms with Crippen molar-refractivity contribution in [1.82, 2.24) is 9.80 Å². The first kappa shape index (κ1) is 14.3. The van der Waals surface area contributed by atoms with Crippen LogP contribution in [-0.2, 0) is 4.74 Å². The highest BCUT2D eigenvalue weighted by molar-refractivity contribution is 4.90. The first-order valence-electron chi connectivity index (χ1n) is 7.31. The Morgan fingerprint density at radius 2 is 1.83 bits per heavy atom. The van der Waals surface area contributed by atoms with Crippen molar-refractivity contribution in [2.75, 3.05) is 53.5 Å². The minimum absolute atomic E-state index is 0.00658. The Labute approximate surface area is 111 Å². The van der Waals surface area contributed by atoms with Crippen LogP contribution in [0.15, 0.2) is 0 Å². The zero-order valence-electron chi connectivity index (χ0n) is 12.0. The summed E-state index contributed by atoms with van der Waals surface area (Å²) < 4.78 is 5.41. The lowest BCUT2D eigenvalue weighted by atomic mass is 9.89. The van der Waals surface area contributed by atoms with Crippen LogP contribution in [0.4, 0.5) is 0 Å². The fourth-order valence-electron chi connectivity index (χ4n) is 3.22. The number of likely N-dealkylation sites (tertiary alicyclic amines) is 1. The quantitative estimate of drug-likeness (QED) is 0.805. The van der Waals surface area contributed by atoms with Crippen molar-refractivity contribution < 1.29 is 4.74 Å². The third-order valence-electron chi connectivity index (χ3n) is 4.36. The van der Waals surface area contributed by atoms with Crippen LogP contribution in [0.25, 0.3) is 0 Å². The predicted octanol–water partition coefficient (Wildman–Crippen LogP) is 0.768. The Balaban J connectivity index is 1.72. The van der Waals surface area contributed by atoms with Crippen LogP contribution in [0.1, 0.15) is 25.7 Å². The molecule has 0 aromatic rings. The molecule has 0 spiro atoms. The minimum Gasteiger partial charge on any atom is -0.381 e. The Morgan fingerprint density at radius 1 is 1.22 bits per heavy atom. The number of hydrogen-bond donors (Lipinski definition) is 1. The number of nitrogens with two attached hydrogens (primary N) is 1. The summed E-state index contributed by atoms with van der Waals surface area (Å²) in [5.41, 5.74) is 6.48. The predicted molar refractivity (Wildman–Crippen MR) is 74.7 cm³/mol. The number of nitrogens with zero attached hydrogens (tertiary/aromatic N) is 2. The van der Waals surface area contributed by atoms with Gasteiger partial charge in [-0.25, -0.2) is 0 Å². The van der Waals surface area contributed by atoms with E-state index in [0.717, 1.165) is 38.5 Å². The van der Waals surface area contributed by atoms with E-state index in [0.29, 0.717) is 0 Å². The Bertz CT molecular complexity index is 243. The molecule has 0 aromatic heterocycles. The van der Waals surface area contributed by atoms with Gasteiger partial charge in [-0.05, 0) is 58.8 Å². The van der Waals surface area contributed by atoms with Gasteiger partial charge in [0.2, 0.25) is 0 Å². The average Bonchev–Trinajstić information content (AvgIpc) is 2.31. The largest absolute Gasteiger partial charge is 0.381 e. The molecule has 2 aliphatic rings. The van der Waals surface area contributed by atoms with Crippen molar-refractivity contribution in [3.8, 4) is 0 Å². The highest BCUT2D eigenvalue weighted by Gasteiger charge is 2.31. The highest BCUT2D eigenvalue weighted by atomic mass is 16.5. The molecule has 2 aliphatic heterocycles. The summed E-state index contributed by atoms with van der Waals surface area (Å²) in [5.74, 6) is 0.875. The molecule has 2 rings (SSSR count). The lowest BCUT2D eigenvalue weighted by molar-refractivity contribution is 0.0311. The van der Waals surface area contributed by atoms with E-state index in [9.17, 15) is 0 Å². The molecule has 0 aliphatic carbocycles. The molecule has 0 amide bonds. The lowest BCUT2D eigenvalue weighted by Crippen LogP contribution is -2.55. The molecule has 0 unspecified atom stereocenters. The van der Waals surface area contributed by atoms with Crippen LogP contribution in [0, 0.1) is 5.92 Å². The molecule has 18 heavy (non-hydrogen) atoms. The molecule has 2 heterocycles. The first-order chi connectivity index (χ1) is 8.57. The van der Waals surface area contributed by atoms with E-state index in [-0.39, 0.29) is 5.54 Å². The molecular formula is C14H29N3O. The number of rotatable bonds is 4. The van der Waals surface area contributed by atoms with Crippen molar-refractivity contribution in [3.05, 3.63) is 0 Å². The highest BCUT2D eigenvalue weighted by Crippen LogP contribution is 2.23. The van der Waals surface area contributed by atoms with Gasteiger partial charge in [-0.2, -0.15) is 0 Å². The second kappa shape index (κ2) is 6.33. The molecule has 0 saturated carbocycles. The lowest BCUT2D eigenvalue weighted by Gasteiger charge is -2.41. The van der Waals surface area contributed by atoms with Gasteiger partial charge in [0.25, 0.3) is 0 Å². The van der Waals surface area contributed by atoms with E-state index in [1.165, 1.54) is 32.5 Å². The Morgan fingerprint density at radius 3 is 2.39 bits per heavy atom. The molecule has 2 saturated heterocycles. The molecule has 4 heteroatoms. The van der Waals surface area contributed by atoms with Crippen molar-refractivity contribution in [2.24, 2.45) is 11.7 Å². The SMILES string of the molecule is CN(C)CC1CCN(CC2(N)CCOCC2)CC1. The van der Waals surface area contributed by atoms with Gasteiger partial charge in [0.1, 0.15) is 0 Å². The molecule has 0 atom stereocenters. The minimum atomic E-state index is 0.00658. The van der Waals surface area contributed by atoms with Gasteiger partial charge < -0.3 is 20.3 Å². The molecule has 2 N–H and O–H groups in total. The molecule has 2 fully saturated rings.